The minimum absolute atomic E-state index is 0. The minimum atomic E-state index is -0.230. The van der Waals surface area contributed by atoms with E-state index in [9.17, 15) is 9.59 Å². The first kappa shape index (κ1) is 19.3. The van der Waals surface area contributed by atoms with Crippen molar-refractivity contribution in [2.75, 3.05) is 25.0 Å². The van der Waals surface area contributed by atoms with E-state index in [1.54, 1.807) is 24.4 Å². The molecule has 6 nitrogen and oxygen atoms in total. The largest absolute Gasteiger partial charge is 0.338 e. The summed E-state index contributed by atoms with van der Waals surface area (Å²) in [7, 11) is 0. The summed E-state index contributed by atoms with van der Waals surface area (Å²) in [5.74, 6) is 0.110. The maximum Gasteiger partial charge on any atom is 0.274 e. The number of halogens is 1. The molecule has 1 aromatic carbocycles. The van der Waals surface area contributed by atoms with Crippen molar-refractivity contribution in [1.82, 2.24) is 15.2 Å². The molecule has 1 unspecified atom stereocenters. The third-order valence-electron chi connectivity index (χ3n) is 5.10. The fraction of sp³-hybridized carbons (Fsp3) is 0.350. The molecule has 0 saturated carbocycles. The Kier molecular flexibility index (Phi) is 6.08. The van der Waals surface area contributed by atoms with Crippen molar-refractivity contribution in [3.8, 4) is 0 Å². The summed E-state index contributed by atoms with van der Waals surface area (Å²) in [4.78, 5) is 31.0. The van der Waals surface area contributed by atoms with Crippen LogP contribution in [-0.4, -0.2) is 41.3 Å². The highest BCUT2D eigenvalue weighted by atomic mass is 35.5. The van der Waals surface area contributed by atoms with Crippen LogP contribution in [0.15, 0.2) is 42.6 Å². The van der Waals surface area contributed by atoms with Crippen LogP contribution < -0.4 is 10.6 Å². The van der Waals surface area contributed by atoms with E-state index in [1.165, 1.54) is 5.56 Å². The maximum atomic E-state index is 12.7. The third kappa shape index (κ3) is 4.28. The molecule has 3 heterocycles. The standard InChI is InChI=1S/C20H22N4O2.ClH/c25-19(18-3-1-2-8-22-18)23-17-5-4-14-7-10-24(13-16(14)11-17)20(26)15-6-9-21-12-15;/h1-5,8,11,15,21H,6-7,9-10,12-13H2,(H,23,25);1H. The molecule has 1 atom stereocenters. The number of fused-ring (bicyclic) bond motifs is 1. The van der Waals surface area contributed by atoms with E-state index >= 15 is 0 Å². The summed E-state index contributed by atoms with van der Waals surface area (Å²) < 4.78 is 0. The van der Waals surface area contributed by atoms with Crippen molar-refractivity contribution >= 4 is 29.9 Å². The molecule has 142 valence electrons. The number of nitrogens with zero attached hydrogens (tertiary/aromatic N) is 2. The third-order valence-corrected chi connectivity index (χ3v) is 5.10. The molecule has 2 amide bonds. The van der Waals surface area contributed by atoms with E-state index in [0.717, 1.165) is 43.7 Å². The Hall–Kier alpha value is -2.44. The predicted octanol–water partition coefficient (Wildman–Crippen LogP) is 2.25. The molecular weight excluding hydrogens is 364 g/mol. The van der Waals surface area contributed by atoms with Gasteiger partial charge in [0.1, 0.15) is 5.69 Å². The minimum Gasteiger partial charge on any atom is -0.338 e. The van der Waals surface area contributed by atoms with Gasteiger partial charge in [-0.25, -0.2) is 0 Å². The molecule has 1 fully saturated rings. The van der Waals surface area contributed by atoms with Crippen molar-refractivity contribution in [2.24, 2.45) is 5.92 Å². The number of rotatable bonds is 3. The van der Waals surface area contributed by atoms with Crippen molar-refractivity contribution < 1.29 is 9.59 Å². The van der Waals surface area contributed by atoms with Crippen LogP contribution in [0.3, 0.4) is 0 Å². The molecule has 0 bridgehead atoms. The molecule has 0 radical (unpaired) electrons. The lowest BCUT2D eigenvalue weighted by molar-refractivity contribution is -0.135. The summed E-state index contributed by atoms with van der Waals surface area (Å²) in [5, 5.41) is 6.15. The van der Waals surface area contributed by atoms with Crippen molar-refractivity contribution in [3.63, 3.8) is 0 Å². The second kappa shape index (κ2) is 8.50. The van der Waals surface area contributed by atoms with Crippen LogP contribution in [0.2, 0.25) is 0 Å². The number of carbonyl (C=O) groups excluding carboxylic acids is 2. The number of anilines is 1. The van der Waals surface area contributed by atoms with E-state index in [2.05, 4.69) is 15.6 Å². The highest BCUT2D eigenvalue weighted by molar-refractivity contribution is 6.02. The summed E-state index contributed by atoms with van der Waals surface area (Å²) in [6.07, 6.45) is 3.38. The second-order valence-electron chi connectivity index (χ2n) is 6.85. The van der Waals surface area contributed by atoms with Crippen LogP contribution in [0.25, 0.3) is 0 Å². The van der Waals surface area contributed by atoms with Gasteiger partial charge in [-0.15, -0.1) is 12.4 Å². The normalized spacial score (nSPS) is 18.4. The number of benzene rings is 1. The van der Waals surface area contributed by atoms with Crippen LogP contribution >= 0.6 is 12.4 Å². The summed E-state index contributed by atoms with van der Waals surface area (Å²) >= 11 is 0. The molecule has 1 aromatic heterocycles. The highest BCUT2D eigenvalue weighted by Gasteiger charge is 2.29. The van der Waals surface area contributed by atoms with Gasteiger partial charge < -0.3 is 15.5 Å². The van der Waals surface area contributed by atoms with E-state index in [-0.39, 0.29) is 30.1 Å². The lowest BCUT2D eigenvalue weighted by atomic mass is 9.97. The van der Waals surface area contributed by atoms with E-state index < -0.39 is 0 Å². The Morgan fingerprint density at radius 3 is 2.81 bits per heavy atom. The zero-order chi connectivity index (χ0) is 17.9. The van der Waals surface area contributed by atoms with Gasteiger partial charge in [-0.05, 0) is 54.8 Å². The Bertz CT molecular complexity index is 822. The Balaban J connectivity index is 0.00000210. The van der Waals surface area contributed by atoms with Gasteiger partial charge in [-0.1, -0.05) is 12.1 Å². The molecule has 2 aromatic rings. The van der Waals surface area contributed by atoms with E-state index in [1.807, 2.05) is 23.1 Å². The van der Waals surface area contributed by atoms with Gasteiger partial charge in [0.2, 0.25) is 5.91 Å². The maximum absolute atomic E-state index is 12.7. The van der Waals surface area contributed by atoms with Crippen molar-refractivity contribution in [2.45, 2.75) is 19.4 Å². The molecule has 0 aliphatic carbocycles. The number of amides is 2. The lowest BCUT2D eigenvalue weighted by Gasteiger charge is -2.31. The van der Waals surface area contributed by atoms with Gasteiger partial charge in [0, 0.05) is 31.5 Å². The Morgan fingerprint density at radius 1 is 1.19 bits per heavy atom. The Labute approximate surface area is 164 Å². The monoisotopic (exact) mass is 386 g/mol. The molecule has 2 aliphatic rings. The van der Waals surface area contributed by atoms with Crippen molar-refractivity contribution in [3.05, 3.63) is 59.4 Å². The average molecular weight is 387 g/mol. The predicted molar refractivity (Wildman–Crippen MR) is 106 cm³/mol. The first-order chi connectivity index (χ1) is 12.7. The number of hydrogen-bond acceptors (Lipinski definition) is 4. The molecule has 27 heavy (non-hydrogen) atoms. The summed E-state index contributed by atoms with van der Waals surface area (Å²) in [5.41, 5.74) is 3.47. The molecule has 2 aliphatic heterocycles. The smallest absolute Gasteiger partial charge is 0.274 e. The molecule has 1 saturated heterocycles. The lowest BCUT2D eigenvalue weighted by Crippen LogP contribution is -2.40. The van der Waals surface area contributed by atoms with E-state index in [4.69, 9.17) is 0 Å². The van der Waals surface area contributed by atoms with Gasteiger partial charge in [0.25, 0.3) is 5.91 Å². The van der Waals surface area contributed by atoms with Crippen LogP contribution in [0.1, 0.15) is 28.0 Å². The van der Waals surface area contributed by atoms with Crippen LogP contribution in [0.5, 0.6) is 0 Å². The van der Waals surface area contributed by atoms with Crippen molar-refractivity contribution in [1.29, 1.82) is 0 Å². The van der Waals surface area contributed by atoms with Gasteiger partial charge in [-0.3, -0.25) is 14.6 Å². The fourth-order valence-electron chi connectivity index (χ4n) is 3.64. The first-order valence-electron chi connectivity index (χ1n) is 9.04. The molecule has 7 heteroatoms. The number of carbonyl (C=O) groups is 2. The summed E-state index contributed by atoms with van der Waals surface area (Å²) in [6.45, 7) is 3.08. The topological polar surface area (TPSA) is 74.3 Å². The fourth-order valence-corrected chi connectivity index (χ4v) is 3.64. The summed E-state index contributed by atoms with van der Waals surface area (Å²) in [6, 6.07) is 11.2. The highest BCUT2D eigenvalue weighted by Crippen LogP contribution is 2.25. The Morgan fingerprint density at radius 2 is 2.07 bits per heavy atom. The van der Waals surface area contributed by atoms with Gasteiger partial charge >= 0.3 is 0 Å². The quantitative estimate of drug-likeness (QED) is 0.848. The van der Waals surface area contributed by atoms with Gasteiger partial charge in [-0.2, -0.15) is 0 Å². The second-order valence-corrected chi connectivity index (χ2v) is 6.85. The first-order valence-corrected chi connectivity index (χ1v) is 9.04. The average Bonchev–Trinajstić information content (AvgIpc) is 3.22. The van der Waals surface area contributed by atoms with Crippen LogP contribution in [-0.2, 0) is 17.8 Å². The van der Waals surface area contributed by atoms with Gasteiger partial charge in [0.15, 0.2) is 0 Å². The molecular formula is C20H23ClN4O2. The number of hydrogen-bond donors (Lipinski definition) is 2. The van der Waals surface area contributed by atoms with E-state index in [0.29, 0.717) is 12.2 Å². The number of nitrogens with one attached hydrogen (secondary N) is 2. The zero-order valence-corrected chi connectivity index (χ0v) is 15.8. The van der Waals surface area contributed by atoms with Gasteiger partial charge in [0.05, 0.1) is 5.92 Å². The van der Waals surface area contributed by atoms with Crippen LogP contribution in [0.4, 0.5) is 5.69 Å². The molecule has 0 spiro atoms. The molecule has 2 N–H and O–H groups in total. The molecule has 4 rings (SSSR count). The number of pyridine rings is 1. The van der Waals surface area contributed by atoms with Crippen LogP contribution in [0, 0.1) is 5.92 Å². The SMILES string of the molecule is Cl.O=C(Nc1ccc2c(c1)CN(C(=O)C1CCNC1)CC2)c1ccccn1. The zero-order valence-electron chi connectivity index (χ0n) is 15.0. The number of aromatic nitrogens is 1.